The minimum Gasteiger partial charge on any atom is -0.478 e. The summed E-state index contributed by atoms with van der Waals surface area (Å²) in [4.78, 5) is 17.5. The van der Waals surface area contributed by atoms with Gasteiger partial charge in [-0.3, -0.25) is 0 Å². The molecular formula is C15H17N3O2. The smallest absolute Gasteiger partial charge is 0.335 e. The molecule has 0 saturated heterocycles. The van der Waals surface area contributed by atoms with Crippen LogP contribution >= 0.6 is 0 Å². The third-order valence-corrected chi connectivity index (χ3v) is 3.81. The molecule has 5 heteroatoms. The molecule has 1 aliphatic rings. The van der Waals surface area contributed by atoms with Gasteiger partial charge in [-0.15, -0.1) is 0 Å². The molecule has 0 unspecified atom stereocenters. The third kappa shape index (κ3) is 2.27. The molecule has 0 amide bonds. The van der Waals surface area contributed by atoms with E-state index in [0.717, 1.165) is 42.9 Å². The number of aromatic nitrogens is 2. The number of aryl methyl sites for hydroxylation is 2. The average Bonchev–Trinajstić information content (AvgIpc) is 2.84. The van der Waals surface area contributed by atoms with Gasteiger partial charge in [-0.1, -0.05) is 0 Å². The van der Waals surface area contributed by atoms with E-state index in [0.29, 0.717) is 5.56 Å². The Bertz CT molecular complexity index is 648. The molecule has 3 rings (SSSR count). The van der Waals surface area contributed by atoms with E-state index in [2.05, 4.69) is 9.88 Å². The van der Waals surface area contributed by atoms with Gasteiger partial charge in [0, 0.05) is 25.5 Å². The van der Waals surface area contributed by atoms with E-state index in [1.807, 2.05) is 23.9 Å². The van der Waals surface area contributed by atoms with E-state index in [1.54, 1.807) is 18.5 Å². The van der Waals surface area contributed by atoms with Crippen molar-refractivity contribution >= 4 is 11.7 Å². The Balaban J connectivity index is 1.90. The first kappa shape index (κ1) is 12.7. The lowest BCUT2D eigenvalue weighted by Crippen LogP contribution is -2.29. The van der Waals surface area contributed by atoms with Crippen LogP contribution in [-0.2, 0) is 20.0 Å². The zero-order valence-corrected chi connectivity index (χ0v) is 11.4. The van der Waals surface area contributed by atoms with Crippen molar-refractivity contribution in [2.24, 2.45) is 7.05 Å². The average molecular weight is 271 g/mol. The number of aromatic carboxylic acids is 1. The molecule has 0 fully saturated rings. The predicted octanol–water partition coefficient (Wildman–Crippen LogP) is 2.07. The van der Waals surface area contributed by atoms with Gasteiger partial charge in [0.1, 0.15) is 0 Å². The topological polar surface area (TPSA) is 58.4 Å². The van der Waals surface area contributed by atoms with E-state index in [-0.39, 0.29) is 0 Å². The standard InChI is InChI=1S/C15H17N3O2/c1-17-10-16-8-13(17)9-18-6-2-3-11-7-12(15(19)20)4-5-14(11)18/h4-5,7-8,10H,2-3,6,9H2,1H3,(H,19,20). The summed E-state index contributed by atoms with van der Waals surface area (Å²) >= 11 is 0. The number of benzene rings is 1. The number of anilines is 1. The number of carboxylic acid groups (broad SMARTS) is 1. The number of imidazole rings is 1. The molecule has 1 aromatic carbocycles. The largest absolute Gasteiger partial charge is 0.478 e. The van der Waals surface area contributed by atoms with Crippen molar-refractivity contribution in [2.45, 2.75) is 19.4 Å². The first-order chi connectivity index (χ1) is 9.65. The molecule has 0 aliphatic carbocycles. The van der Waals surface area contributed by atoms with Gasteiger partial charge in [0.15, 0.2) is 0 Å². The normalized spacial score (nSPS) is 14.2. The van der Waals surface area contributed by atoms with Gasteiger partial charge in [0.25, 0.3) is 0 Å². The Morgan fingerprint density at radius 2 is 2.30 bits per heavy atom. The molecule has 0 saturated carbocycles. The summed E-state index contributed by atoms with van der Waals surface area (Å²) in [5, 5.41) is 9.07. The second-order valence-electron chi connectivity index (χ2n) is 5.17. The molecule has 0 spiro atoms. The number of rotatable bonds is 3. The fraction of sp³-hybridized carbons (Fsp3) is 0.333. The molecule has 2 aromatic rings. The fourth-order valence-electron chi connectivity index (χ4n) is 2.70. The maximum atomic E-state index is 11.0. The molecule has 20 heavy (non-hydrogen) atoms. The summed E-state index contributed by atoms with van der Waals surface area (Å²) in [5.41, 5.74) is 3.78. The maximum Gasteiger partial charge on any atom is 0.335 e. The van der Waals surface area contributed by atoms with E-state index >= 15 is 0 Å². The van der Waals surface area contributed by atoms with Crippen LogP contribution < -0.4 is 4.90 Å². The lowest BCUT2D eigenvalue weighted by Gasteiger charge is -2.31. The second-order valence-corrected chi connectivity index (χ2v) is 5.17. The molecule has 5 nitrogen and oxygen atoms in total. The van der Waals surface area contributed by atoms with Crippen molar-refractivity contribution in [3.8, 4) is 0 Å². The van der Waals surface area contributed by atoms with Crippen molar-refractivity contribution in [1.29, 1.82) is 0 Å². The Kier molecular flexibility index (Phi) is 3.18. The number of fused-ring (bicyclic) bond motifs is 1. The molecule has 0 atom stereocenters. The first-order valence-electron chi connectivity index (χ1n) is 6.71. The summed E-state index contributed by atoms with van der Waals surface area (Å²) in [6, 6.07) is 5.41. The van der Waals surface area contributed by atoms with Gasteiger partial charge >= 0.3 is 5.97 Å². The number of hydrogen-bond acceptors (Lipinski definition) is 3. The summed E-state index contributed by atoms with van der Waals surface area (Å²) in [6.07, 6.45) is 5.67. The predicted molar refractivity (Wildman–Crippen MR) is 76.0 cm³/mol. The van der Waals surface area contributed by atoms with Crippen LogP contribution in [0.25, 0.3) is 0 Å². The van der Waals surface area contributed by atoms with Gasteiger partial charge in [-0.2, -0.15) is 0 Å². The van der Waals surface area contributed by atoms with Crippen molar-refractivity contribution in [2.75, 3.05) is 11.4 Å². The summed E-state index contributed by atoms with van der Waals surface area (Å²) in [5.74, 6) is -0.864. The van der Waals surface area contributed by atoms with E-state index in [9.17, 15) is 4.79 Å². The van der Waals surface area contributed by atoms with Crippen LogP contribution in [0.4, 0.5) is 5.69 Å². The number of carboxylic acids is 1. The zero-order chi connectivity index (χ0) is 14.1. The summed E-state index contributed by atoms with van der Waals surface area (Å²) < 4.78 is 2.01. The second kappa shape index (κ2) is 5.00. The van der Waals surface area contributed by atoms with Gasteiger partial charge in [-0.25, -0.2) is 9.78 Å². The van der Waals surface area contributed by atoms with E-state index < -0.39 is 5.97 Å². The monoisotopic (exact) mass is 271 g/mol. The van der Waals surface area contributed by atoms with Crippen LogP contribution in [0.1, 0.15) is 28.0 Å². The van der Waals surface area contributed by atoms with Crippen LogP contribution in [0, 0.1) is 0 Å². The van der Waals surface area contributed by atoms with Crippen LogP contribution in [-0.4, -0.2) is 27.2 Å². The van der Waals surface area contributed by atoms with Crippen molar-refractivity contribution in [1.82, 2.24) is 9.55 Å². The lowest BCUT2D eigenvalue weighted by atomic mass is 9.99. The first-order valence-corrected chi connectivity index (χ1v) is 6.71. The Labute approximate surface area is 117 Å². The summed E-state index contributed by atoms with van der Waals surface area (Å²) in [7, 11) is 1.99. The van der Waals surface area contributed by atoms with Crippen LogP contribution in [0.2, 0.25) is 0 Å². The molecule has 104 valence electrons. The highest BCUT2D eigenvalue weighted by molar-refractivity contribution is 5.88. The Morgan fingerprint density at radius 3 is 3.00 bits per heavy atom. The highest BCUT2D eigenvalue weighted by Crippen LogP contribution is 2.29. The molecule has 0 bridgehead atoms. The molecule has 0 radical (unpaired) electrons. The summed E-state index contributed by atoms with van der Waals surface area (Å²) in [6.45, 7) is 1.79. The fourth-order valence-corrected chi connectivity index (χ4v) is 2.70. The van der Waals surface area contributed by atoms with Crippen LogP contribution in [0.15, 0.2) is 30.7 Å². The maximum absolute atomic E-state index is 11.0. The minimum atomic E-state index is -0.864. The lowest BCUT2D eigenvalue weighted by molar-refractivity contribution is 0.0697. The van der Waals surface area contributed by atoms with E-state index in [4.69, 9.17) is 5.11 Å². The quantitative estimate of drug-likeness (QED) is 0.928. The molecule has 2 heterocycles. The van der Waals surface area contributed by atoms with Gasteiger partial charge in [-0.05, 0) is 36.6 Å². The Morgan fingerprint density at radius 1 is 1.45 bits per heavy atom. The zero-order valence-electron chi connectivity index (χ0n) is 11.4. The van der Waals surface area contributed by atoms with Crippen molar-refractivity contribution < 1.29 is 9.90 Å². The number of hydrogen-bond donors (Lipinski definition) is 1. The molecule has 1 aromatic heterocycles. The highest BCUT2D eigenvalue weighted by atomic mass is 16.4. The van der Waals surface area contributed by atoms with Gasteiger partial charge in [0.2, 0.25) is 0 Å². The van der Waals surface area contributed by atoms with Crippen LogP contribution in [0.5, 0.6) is 0 Å². The SMILES string of the molecule is Cn1cncc1CN1CCCc2cc(C(=O)O)ccc21. The number of nitrogens with zero attached hydrogens (tertiary/aromatic N) is 3. The minimum absolute atomic E-state index is 0.367. The van der Waals surface area contributed by atoms with Crippen molar-refractivity contribution in [3.63, 3.8) is 0 Å². The van der Waals surface area contributed by atoms with E-state index in [1.165, 1.54) is 0 Å². The molecule has 1 N–H and O–H groups in total. The van der Waals surface area contributed by atoms with Gasteiger partial charge < -0.3 is 14.6 Å². The molecule has 1 aliphatic heterocycles. The van der Waals surface area contributed by atoms with Crippen molar-refractivity contribution in [3.05, 3.63) is 47.5 Å². The number of carbonyl (C=O) groups is 1. The molecular weight excluding hydrogens is 254 g/mol. The third-order valence-electron chi connectivity index (χ3n) is 3.81. The van der Waals surface area contributed by atoms with Crippen LogP contribution in [0.3, 0.4) is 0 Å². The highest BCUT2D eigenvalue weighted by Gasteiger charge is 2.19. The van der Waals surface area contributed by atoms with Gasteiger partial charge in [0.05, 0.1) is 24.1 Å². The Hall–Kier alpha value is -2.30.